The highest BCUT2D eigenvalue weighted by Gasteiger charge is 2.31. The first kappa shape index (κ1) is 15.9. The Morgan fingerprint density at radius 3 is 2.71 bits per heavy atom. The summed E-state index contributed by atoms with van der Waals surface area (Å²) in [6.45, 7) is 3.59. The predicted octanol–water partition coefficient (Wildman–Crippen LogP) is 2.00. The molecule has 0 unspecified atom stereocenters. The van der Waals surface area contributed by atoms with Crippen LogP contribution in [-0.4, -0.2) is 25.8 Å². The Hall–Kier alpha value is -1.43. The number of benzene rings is 1. The molecule has 1 saturated heterocycles. The highest BCUT2D eigenvalue weighted by Crippen LogP contribution is 2.24. The summed E-state index contributed by atoms with van der Waals surface area (Å²) in [5, 5.41) is 2.85. The van der Waals surface area contributed by atoms with E-state index in [0.29, 0.717) is 12.0 Å². The fourth-order valence-corrected chi connectivity index (χ4v) is 4.51. The van der Waals surface area contributed by atoms with Gasteiger partial charge < -0.3 is 5.32 Å². The number of halogens is 1. The third kappa shape index (κ3) is 4.27. The largest absolute Gasteiger partial charge is 0.347 e. The number of amides is 1. The normalized spacial score (nSPS) is 21.2. The first-order chi connectivity index (χ1) is 9.68. The second kappa shape index (κ2) is 5.75. The SMILES string of the molecule is CC(C)(NC(=O)C[C@@H]1CCS(=O)(=O)C1)c1cccc(F)c1. The van der Waals surface area contributed by atoms with Crippen LogP contribution in [0.3, 0.4) is 0 Å². The van der Waals surface area contributed by atoms with Crippen LogP contribution in [0.2, 0.25) is 0 Å². The van der Waals surface area contributed by atoms with Gasteiger partial charge in [-0.25, -0.2) is 12.8 Å². The first-order valence-electron chi connectivity index (χ1n) is 6.95. The van der Waals surface area contributed by atoms with E-state index >= 15 is 0 Å². The Morgan fingerprint density at radius 2 is 2.14 bits per heavy atom. The highest BCUT2D eigenvalue weighted by molar-refractivity contribution is 7.91. The molecule has 116 valence electrons. The van der Waals surface area contributed by atoms with Crippen LogP contribution in [0.25, 0.3) is 0 Å². The van der Waals surface area contributed by atoms with Gasteiger partial charge in [0, 0.05) is 6.42 Å². The maximum atomic E-state index is 13.3. The second-order valence-corrected chi connectivity index (χ2v) is 8.39. The van der Waals surface area contributed by atoms with Crippen LogP contribution in [0.5, 0.6) is 0 Å². The van der Waals surface area contributed by atoms with Crippen LogP contribution < -0.4 is 5.32 Å². The zero-order valence-corrected chi connectivity index (χ0v) is 13.0. The number of carbonyl (C=O) groups excluding carboxylic acids is 1. The van der Waals surface area contributed by atoms with E-state index in [0.717, 1.165) is 0 Å². The lowest BCUT2D eigenvalue weighted by Gasteiger charge is -2.27. The third-order valence-corrected chi connectivity index (χ3v) is 5.64. The van der Waals surface area contributed by atoms with E-state index in [1.165, 1.54) is 12.1 Å². The highest BCUT2D eigenvalue weighted by atomic mass is 32.2. The predicted molar refractivity (Wildman–Crippen MR) is 78.9 cm³/mol. The van der Waals surface area contributed by atoms with E-state index in [-0.39, 0.29) is 35.6 Å². The monoisotopic (exact) mass is 313 g/mol. The number of sulfone groups is 1. The molecule has 0 spiro atoms. The molecule has 1 aromatic carbocycles. The molecule has 1 aliphatic rings. The van der Waals surface area contributed by atoms with Crippen molar-refractivity contribution in [1.82, 2.24) is 5.32 Å². The van der Waals surface area contributed by atoms with E-state index in [9.17, 15) is 17.6 Å². The molecular weight excluding hydrogens is 293 g/mol. The number of hydrogen-bond donors (Lipinski definition) is 1. The Bertz CT molecular complexity index is 640. The van der Waals surface area contributed by atoms with Crippen molar-refractivity contribution in [3.05, 3.63) is 35.6 Å². The van der Waals surface area contributed by atoms with Gasteiger partial charge in [-0.3, -0.25) is 4.79 Å². The van der Waals surface area contributed by atoms with Crippen LogP contribution in [-0.2, 0) is 20.2 Å². The van der Waals surface area contributed by atoms with Gasteiger partial charge >= 0.3 is 0 Å². The standard InChI is InChI=1S/C15H20FNO3S/c1-15(2,12-4-3-5-13(16)9-12)17-14(18)8-11-6-7-21(19,20)10-11/h3-5,9,11H,6-8,10H2,1-2H3,(H,17,18)/t11-/m0/s1. The Balaban J connectivity index is 1.98. The molecule has 6 heteroatoms. The Labute approximate surface area is 124 Å². The summed E-state index contributed by atoms with van der Waals surface area (Å²) in [6, 6.07) is 6.09. The van der Waals surface area contributed by atoms with Gasteiger partial charge in [-0.05, 0) is 43.9 Å². The zero-order chi connectivity index (χ0) is 15.7. The molecule has 0 radical (unpaired) electrons. The van der Waals surface area contributed by atoms with Crippen molar-refractivity contribution < 1.29 is 17.6 Å². The van der Waals surface area contributed by atoms with Gasteiger partial charge in [0.15, 0.2) is 9.84 Å². The summed E-state index contributed by atoms with van der Waals surface area (Å²) in [6.07, 6.45) is 0.730. The molecule has 1 atom stereocenters. The first-order valence-corrected chi connectivity index (χ1v) is 8.77. The minimum absolute atomic E-state index is 0.0841. The van der Waals surface area contributed by atoms with E-state index in [1.807, 2.05) is 0 Å². The van der Waals surface area contributed by atoms with Crippen LogP contribution in [0.1, 0.15) is 32.3 Å². The van der Waals surface area contributed by atoms with Crippen molar-refractivity contribution >= 4 is 15.7 Å². The minimum Gasteiger partial charge on any atom is -0.347 e. The van der Waals surface area contributed by atoms with Crippen molar-refractivity contribution in [2.45, 2.75) is 32.2 Å². The van der Waals surface area contributed by atoms with Crippen molar-refractivity contribution in [3.8, 4) is 0 Å². The summed E-state index contributed by atoms with van der Waals surface area (Å²) < 4.78 is 36.1. The summed E-state index contributed by atoms with van der Waals surface area (Å²) in [7, 11) is -2.97. The molecule has 0 saturated carbocycles. The van der Waals surface area contributed by atoms with Gasteiger partial charge in [-0.2, -0.15) is 0 Å². The fraction of sp³-hybridized carbons (Fsp3) is 0.533. The van der Waals surface area contributed by atoms with Crippen molar-refractivity contribution in [1.29, 1.82) is 0 Å². The third-order valence-electron chi connectivity index (χ3n) is 3.80. The topological polar surface area (TPSA) is 63.2 Å². The molecule has 1 aliphatic heterocycles. The van der Waals surface area contributed by atoms with Crippen LogP contribution in [0.15, 0.2) is 24.3 Å². The Morgan fingerprint density at radius 1 is 1.43 bits per heavy atom. The molecule has 21 heavy (non-hydrogen) atoms. The lowest BCUT2D eigenvalue weighted by atomic mass is 9.93. The lowest BCUT2D eigenvalue weighted by Crippen LogP contribution is -2.41. The van der Waals surface area contributed by atoms with Crippen molar-refractivity contribution in [2.75, 3.05) is 11.5 Å². The molecule has 1 amide bonds. The molecule has 1 N–H and O–H groups in total. The van der Waals surface area contributed by atoms with E-state index in [4.69, 9.17) is 0 Å². The lowest BCUT2D eigenvalue weighted by molar-refractivity contribution is -0.123. The van der Waals surface area contributed by atoms with Crippen molar-refractivity contribution in [2.24, 2.45) is 5.92 Å². The second-order valence-electron chi connectivity index (χ2n) is 6.16. The summed E-state index contributed by atoms with van der Waals surface area (Å²) in [4.78, 5) is 12.1. The van der Waals surface area contributed by atoms with Gasteiger partial charge in [0.1, 0.15) is 5.82 Å². The van der Waals surface area contributed by atoms with E-state index in [1.54, 1.807) is 26.0 Å². The maximum absolute atomic E-state index is 13.3. The number of rotatable bonds is 4. The fourth-order valence-electron chi connectivity index (χ4n) is 2.64. The average molecular weight is 313 g/mol. The zero-order valence-electron chi connectivity index (χ0n) is 12.2. The molecule has 4 nitrogen and oxygen atoms in total. The maximum Gasteiger partial charge on any atom is 0.220 e. The molecule has 1 fully saturated rings. The van der Waals surface area contributed by atoms with Gasteiger partial charge in [-0.1, -0.05) is 12.1 Å². The molecular formula is C15H20FNO3S. The summed E-state index contributed by atoms with van der Waals surface area (Å²) >= 11 is 0. The van der Waals surface area contributed by atoms with Gasteiger partial charge in [0.2, 0.25) is 5.91 Å². The van der Waals surface area contributed by atoms with Gasteiger partial charge in [-0.15, -0.1) is 0 Å². The van der Waals surface area contributed by atoms with Crippen LogP contribution in [0.4, 0.5) is 4.39 Å². The minimum atomic E-state index is -2.97. The number of nitrogens with one attached hydrogen (secondary N) is 1. The summed E-state index contributed by atoms with van der Waals surface area (Å²) in [5.74, 6) is -0.416. The van der Waals surface area contributed by atoms with Gasteiger partial charge in [0.05, 0.1) is 17.0 Å². The molecule has 2 rings (SSSR count). The molecule has 1 aromatic rings. The van der Waals surface area contributed by atoms with E-state index in [2.05, 4.69) is 5.32 Å². The van der Waals surface area contributed by atoms with Gasteiger partial charge in [0.25, 0.3) is 0 Å². The smallest absolute Gasteiger partial charge is 0.220 e. The number of hydrogen-bond acceptors (Lipinski definition) is 3. The molecule has 0 bridgehead atoms. The van der Waals surface area contributed by atoms with Crippen LogP contribution in [0, 0.1) is 11.7 Å². The molecule has 0 aromatic heterocycles. The quantitative estimate of drug-likeness (QED) is 0.925. The molecule has 1 heterocycles. The average Bonchev–Trinajstić information content (AvgIpc) is 2.67. The Kier molecular flexibility index (Phi) is 4.37. The van der Waals surface area contributed by atoms with Crippen molar-refractivity contribution in [3.63, 3.8) is 0 Å². The van der Waals surface area contributed by atoms with E-state index < -0.39 is 15.4 Å². The summed E-state index contributed by atoms with van der Waals surface area (Å²) in [5.41, 5.74) is -0.0219. The van der Waals surface area contributed by atoms with Crippen LogP contribution >= 0.6 is 0 Å². The molecule has 0 aliphatic carbocycles. The number of carbonyl (C=O) groups is 1.